The third kappa shape index (κ3) is 3.29. The number of benzene rings is 1. The van der Waals surface area contributed by atoms with Crippen molar-refractivity contribution >= 4 is 27.3 Å². The summed E-state index contributed by atoms with van der Waals surface area (Å²) in [7, 11) is 1.64. The number of hydrogen-bond acceptors (Lipinski definition) is 4. The van der Waals surface area contributed by atoms with E-state index in [1.54, 1.807) is 18.4 Å². The van der Waals surface area contributed by atoms with E-state index in [1.807, 2.05) is 18.2 Å². The van der Waals surface area contributed by atoms with Crippen LogP contribution in [0.5, 0.6) is 11.5 Å². The van der Waals surface area contributed by atoms with Gasteiger partial charge in [-0.3, -0.25) is 0 Å². The van der Waals surface area contributed by atoms with E-state index in [0.29, 0.717) is 6.54 Å². The summed E-state index contributed by atoms with van der Waals surface area (Å²) in [6.07, 6.45) is -0.121. The first-order chi connectivity index (χ1) is 9.15. The molecule has 0 aliphatic rings. The van der Waals surface area contributed by atoms with Gasteiger partial charge in [-0.25, -0.2) is 0 Å². The molecule has 5 heteroatoms. The first-order valence-electron chi connectivity index (χ1n) is 5.90. The predicted molar refractivity (Wildman–Crippen MR) is 82.2 cm³/mol. The van der Waals surface area contributed by atoms with Gasteiger partial charge < -0.3 is 15.2 Å². The Bertz CT molecular complexity index is 556. The lowest BCUT2D eigenvalue weighted by molar-refractivity contribution is 0.215. The minimum atomic E-state index is -0.121. The van der Waals surface area contributed by atoms with Crippen LogP contribution in [-0.4, -0.2) is 13.7 Å². The molecule has 1 aromatic carbocycles. The van der Waals surface area contributed by atoms with Crippen LogP contribution in [0.25, 0.3) is 0 Å². The molecule has 0 spiro atoms. The minimum Gasteiger partial charge on any atom is -0.497 e. The Morgan fingerprint density at radius 2 is 2.16 bits per heavy atom. The number of aryl methyl sites for hydroxylation is 1. The van der Waals surface area contributed by atoms with E-state index < -0.39 is 0 Å². The van der Waals surface area contributed by atoms with Gasteiger partial charge in [0.15, 0.2) is 0 Å². The Labute approximate surface area is 125 Å². The second kappa shape index (κ2) is 6.41. The second-order valence-electron chi connectivity index (χ2n) is 4.11. The molecule has 1 unspecified atom stereocenters. The number of hydrogen-bond donors (Lipinski definition) is 1. The molecule has 0 radical (unpaired) electrons. The lowest BCUT2D eigenvalue weighted by Gasteiger charge is -2.18. The SMILES string of the molecule is COc1ccc(OC(CN)c2sccc2C)c(Br)c1. The zero-order chi connectivity index (χ0) is 13.8. The zero-order valence-electron chi connectivity index (χ0n) is 10.9. The van der Waals surface area contributed by atoms with Gasteiger partial charge in [0.2, 0.25) is 0 Å². The molecular weight excluding hydrogens is 326 g/mol. The molecule has 2 N–H and O–H groups in total. The van der Waals surface area contributed by atoms with Crippen LogP contribution in [0.1, 0.15) is 16.5 Å². The van der Waals surface area contributed by atoms with E-state index >= 15 is 0 Å². The summed E-state index contributed by atoms with van der Waals surface area (Å²) in [6, 6.07) is 7.71. The molecule has 1 heterocycles. The van der Waals surface area contributed by atoms with Crippen LogP contribution in [0.15, 0.2) is 34.1 Å². The number of nitrogens with two attached hydrogens (primary N) is 1. The summed E-state index contributed by atoms with van der Waals surface area (Å²) < 4.78 is 12.0. The third-order valence-electron chi connectivity index (χ3n) is 2.82. The Kier molecular flexibility index (Phi) is 4.85. The van der Waals surface area contributed by atoms with E-state index in [1.165, 1.54) is 10.4 Å². The lowest BCUT2D eigenvalue weighted by atomic mass is 10.2. The first-order valence-corrected chi connectivity index (χ1v) is 7.57. The molecule has 0 fully saturated rings. The molecule has 0 aliphatic heterocycles. The van der Waals surface area contributed by atoms with Crippen molar-refractivity contribution in [3.8, 4) is 11.5 Å². The van der Waals surface area contributed by atoms with Gasteiger partial charge >= 0.3 is 0 Å². The van der Waals surface area contributed by atoms with Crippen molar-refractivity contribution in [3.63, 3.8) is 0 Å². The van der Waals surface area contributed by atoms with Gasteiger partial charge in [-0.2, -0.15) is 0 Å². The van der Waals surface area contributed by atoms with Crippen LogP contribution >= 0.6 is 27.3 Å². The monoisotopic (exact) mass is 341 g/mol. The molecule has 2 rings (SSSR count). The van der Waals surface area contributed by atoms with Gasteiger partial charge in [-0.1, -0.05) is 0 Å². The normalized spacial score (nSPS) is 12.2. The van der Waals surface area contributed by atoms with Crippen LogP contribution in [0, 0.1) is 6.92 Å². The topological polar surface area (TPSA) is 44.5 Å². The van der Waals surface area contributed by atoms with Crippen LogP contribution in [0.4, 0.5) is 0 Å². The molecule has 1 atom stereocenters. The van der Waals surface area contributed by atoms with Gasteiger partial charge in [0.1, 0.15) is 17.6 Å². The highest BCUT2D eigenvalue weighted by molar-refractivity contribution is 9.10. The third-order valence-corrected chi connectivity index (χ3v) is 4.55. The number of halogens is 1. The predicted octanol–water partition coefficient (Wildman–Crippen LogP) is 3.91. The number of ether oxygens (including phenoxy) is 2. The second-order valence-corrected chi connectivity index (χ2v) is 5.91. The molecule has 0 saturated carbocycles. The van der Waals surface area contributed by atoms with Crippen molar-refractivity contribution in [3.05, 3.63) is 44.6 Å². The van der Waals surface area contributed by atoms with Crippen molar-refractivity contribution in [2.45, 2.75) is 13.0 Å². The van der Waals surface area contributed by atoms with E-state index in [-0.39, 0.29) is 6.10 Å². The fraction of sp³-hybridized carbons (Fsp3) is 0.286. The summed E-state index contributed by atoms with van der Waals surface area (Å²) in [6.45, 7) is 2.51. The maximum Gasteiger partial charge on any atom is 0.145 e. The molecule has 3 nitrogen and oxygen atoms in total. The van der Waals surface area contributed by atoms with E-state index in [4.69, 9.17) is 15.2 Å². The maximum atomic E-state index is 6.00. The molecule has 0 amide bonds. The quantitative estimate of drug-likeness (QED) is 0.896. The highest BCUT2D eigenvalue weighted by Gasteiger charge is 2.17. The number of thiophene rings is 1. The fourth-order valence-corrected chi connectivity index (χ4v) is 3.20. The smallest absolute Gasteiger partial charge is 0.145 e. The van der Waals surface area contributed by atoms with Crippen molar-refractivity contribution in [1.82, 2.24) is 0 Å². The highest BCUT2D eigenvalue weighted by Crippen LogP contribution is 2.34. The minimum absolute atomic E-state index is 0.121. The molecule has 2 aromatic rings. The largest absolute Gasteiger partial charge is 0.497 e. The standard InChI is InChI=1S/C14H16BrNO2S/c1-9-5-6-19-14(9)13(8-16)18-12-4-3-10(17-2)7-11(12)15/h3-7,13H,8,16H2,1-2H3. The average Bonchev–Trinajstić information content (AvgIpc) is 2.83. The van der Waals surface area contributed by atoms with Gasteiger partial charge in [-0.05, 0) is 58.1 Å². The van der Waals surface area contributed by atoms with Crippen LogP contribution in [0.2, 0.25) is 0 Å². The van der Waals surface area contributed by atoms with Crippen molar-refractivity contribution in [1.29, 1.82) is 0 Å². The van der Waals surface area contributed by atoms with Gasteiger partial charge in [0, 0.05) is 11.4 Å². The van der Waals surface area contributed by atoms with Crippen molar-refractivity contribution < 1.29 is 9.47 Å². The molecule has 102 valence electrons. The summed E-state index contributed by atoms with van der Waals surface area (Å²) in [5.74, 6) is 1.56. The van der Waals surface area contributed by atoms with Crippen molar-refractivity contribution in [2.75, 3.05) is 13.7 Å². The van der Waals surface area contributed by atoms with Gasteiger partial charge in [-0.15, -0.1) is 11.3 Å². The maximum absolute atomic E-state index is 6.00. The first kappa shape index (κ1) is 14.4. The Morgan fingerprint density at radius 3 is 2.68 bits per heavy atom. The Morgan fingerprint density at radius 1 is 1.37 bits per heavy atom. The molecule has 0 saturated heterocycles. The number of rotatable bonds is 5. The molecule has 0 aliphatic carbocycles. The van der Waals surface area contributed by atoms with E-state index in [2.05, 4.69) is 34.3 Å². The number of methoxy groups -OCH3 is 1. The van der Waals surface area contributed by atoms with Crippen LogP contribution < -0.4 is 15.2 Å². The molecule has 19 heavy (non-hydrogen) atoms. The summed E-state index contributed by atoms with van der Waals surface area (Å²) in [4.78, 5) is 1.17. The van der Waals surface area contributed by atoms with Crippen LogP contribution in [0.3, 0.4) is 0 Å². The Hall–Kier alpha value is -1.04. The van der Waals surface area contributed by atoms with Gasteiger partial charge in [0.05, 0.1) is 11.6 Å². The summed E-state index contributed by atoms with van der Waals surface area (Å²) in [5.41, 5.74) is 7.04. The van der Waals surface area contributed by atoms with Gasteiger partial charge in [0.25, 0.3) is 0 Å². The molecular formula is C14H16BrNO2S. The molecule has 0 bridgehead atoms. The lowest BCUT2D eigenvalue weighted by Crippen LogP contribution is -2.18. The van der Waals surface area contributed by atoms with Crippen LogP contribution in [-0.2, 0) is 0 Å². The Balaban J connectivity index is 2.21. The average molecular weight is 342 g/mol. The zero-order valence-corrected chi connectivity index (χ0v) is 13.3. The fourth-order valence-electron chi connectivity index (χ4n) is 1.78. The highest BCUT2D eigenvalue weighted by atomic mass is 79.9. The summed E-state index contributed by atoms with van der Waals surface area (Å²) >= 11 is 5.16. The van der Waals surface area contributed by atoms with E-state index in [0.717, 1.165) is 16.0 Å². The molecule has 1 aromatic heterocycles. The van der Waals surface area contributed by atoms with Crippen molar-refractivity contribution in [2.24, 2.45) is 5.73 Å². The summed E-state index contributed by atoms with van der Waals surface area (Å²) in [5, 5.41) is 2.06. The van der Waals surface area contributed by atoms with E-state index in [9.17, 15) is 0 Å².